The zero-order valence-electron chi connectivity index (χ0n) is 11.1. The van der Waals surface area contributed by atoms with Gasteiger partial charge < -0.3 is 5.32 Å². The molecule has 2 rings (SSSR count). The lowest BCUT2D eigenvalue weighted by Crippen LogP contribution is -2.40. The van der Waals surface area contributed by atoms with Crippen molar-refractivity contribution in [3.05, 3.63) is 16.1 Å². The molecule has 0 aliphatic carbocycles. The molecule has 1 aromatic rings. The van der Waals surface area contributed by atoms with Gasteiger partial charge in [0.25, 0.3) is 0 Å². The lowest BCUT2D eigenvalue weighted by molar-refractivity contribution is 0.116. The molecule has 0 amide bonds. The number of hydrogen-bond acceptors (Lipinski definition) is 4. The number of piperidine rings is 1. The first-order valence-electron chi connectivity index (χ1n) is 6.51. The molecular formula is C13H23N3S. The van der Waals surface area contributed by atoms with Crippen LogP contribution in [0.5, 0.6) is 0 Å². The molecule has 2 heterocycles. The van der Waals surface area contributed by atoms with Crippen LogP contribution in [-0.2, 0) is 13.1 Å². The average molecular weight is 253 g/mol. The van der Waals surface area contributed by atoms with Crippen molar-refractivity contribution in [1.29, 1.82) is 0 Å². The van der Waals surface area contributed by atoms with E-state index in [4.69, 9.17) is 0 Å². The van der Waals surface area contributed by atoms with Crippen LogP contribution < -0.4 is 5.32 Å². The van der Waals surface area contributed by atoms with E-state index < -0.39 is 0 Å². The van der Waals surface area contributed by atoms with Crippen LogP contribution in [0.3, 0.4) is 0 Å². The van der Waals surface area contributed by atoms with Gasteiger partial charge >= 0.3 is 0 Å². The van der Waals surface area contributed by atoms with Gasteiger partial charge in [0.15, 0.2) is 0 Å². The molecule has 1 aromatic heterocycles. The largest absolute Gasteiger partial charge is 0.314 e. The predicted molar refractivity (Wildman–Crippen MR) is 73.1 cm³/mol. The first-order chi connectivity index (χ1) is 8.19. The highest BCUT2D eigenvalue weighted by molar-refractivity contribution is 7.09. The minimum atomic E-state index is 0.709. The third kappa shape index (κ3) is 3.50. The molecule has 0 radical (unpaired) electrons. The van der Waals surface area contributed by atoms with Crippen molar-refractivity contribution in [1.82, 2.24) is 15.2 Å². The Hall–Kier alpha value is -0.450. The van der Waals surface area contributed by atoms with Crippen LogP contribution >= 0.6 is 11.3 Å². The smallest absolute Gasteiger partial charge is 0.107 e. The van der Waals surface area contributed by atoms with Gasteiger partial charge in [-0.1, -0.05) is 6.92 Å². The van der Waals surface area contributed by atoms with Crippen molar-refractivity contribution in [3.63, 3.8) is 0 Å². The Balaban J connectivity index is 1.94. The van der Waals surface area contributed by atoms with Gasteiger partial charge in [0.2, 0.25) is 0 Å². The predicted octanol–water partition coefficient (Wildman–Crippen LogP) is 2.48. The fourth-order valence-corrected chi connectivity index (χ4v) is 3.26. The second kappa shape index (κ2) is 5.94. The van der Waals surface area contributed by atoms with Crippen molar-refractivity contribution < 1.29 is 0 Å². The fourth-order valence-electron chi connectivity index (χ4n) is 2.46. The molecule has 2 atom stereocenters. The van der Waals surface area contributed by atoms with E-state index >= 15 is 0 Å². The molecule has 96 valence electrons. The zero-order valence-corrected chi connectivity index (χ0v) is 11.9. The Morgan fingerprint density at radius 3 is 3.06 bits per heavy atom. The van der Waals surface area contributed by atoms with E-state index in [2.05, 4.69) is 34.4 Å². The summed E-state index contributed by atoms with van der Waals surface area (Å²) in [5.41, 5.74) is 1.24. The molecule has 2 unspecified atom stereocenters. The van der Waals surface area contributed by atoms with E-state index in [0.717, 1.165) is 19.0 Å². The maximum atomic E-state index is 4.67. The van der Waals surface area contributed by atoms with E-state index in [1.807, 2.05) is 7.05 Å². The van der Waals surface area contributed by atoms with E-state index in [9.17, 15) is 0 Å². The summed E-state index contributed by atoms with van der Waals surface area (Å²) >= 11 is 1.76. The summed E-state index contributed by atoms with van der Waals surface area (Å²) in [6.07, 6.45) is 2.70. The molecule has 0 bridgehead atoms. The number of thiazole rings is 1. The number of likely N-dealkylation sites (tertiary alicyclic amines) is 1. The van der Waals surface area contributed by atoms with Crippen molar-refractivity contribution in [3.8, 4) is 0 Å². The van der Waals surface area contributed by atoms with Crippen LogP contribution in [0.2, 0.25) is 0 Å². The van der Waals surface area contributed by atoms with Crippen LogP contribution in [-0.4, -0.2) is 29.5 Å². The van der Waals surface area contributed by atoms with Gasteiger partial charge in [-0.3, -0.25) is 4.90 Å². The van der Waals surface area contributed by atoms with Crippen molar-refractivity contribution in [2.45, 2.75) is 45.8 Å². The van der Waals surface area contributed by atoms with Crippen LogP contribution in [0.1, 0.15) is 37.4 Å². The number of nitrogens with zero attached hydrogens (tertiary/aromatic N) is 2. The third-order valence-corrected chi connectivity index (χ3v) is 4.44. The van der Waals surface area contributed by atoms with Crippen LogP contribution in [0.4, 0.5) is 0 Å². The summed E-state index contributed by atoms with van der Waals surface area (Å²) in [5, 5.41) is 6.55. The van der Waals surface area contributed by atoms with Crippen LogP contribution in [0.15, 0.2) is 5.38 Å². The standard InChI is InChI=1S/C13H23N3S/c1-10-4-5-11(2)16(7-10)8-12-9-17-13(15-12)6-14-3/h9-11,14H,4-8H2,1-3H3. The molecule has 1 saturated heterocycles. The average Bonchev–Trinajstić information content (AvgIpc) is 2.72. The zero-order chi connectivity index (χ0) is 12.3. The van der Waals surface area contributed by atoms with Crippen molar-refractivity contribution in [2.24, 2.45) is 5.92 Å². The maximum absolute atomic E-state index is 4.67. The molecule has 0 aromatic carbocycles. The molecule has 0 spiro atoms. The van der Waals surface area contributed by atoms with Crippen molar-refractivity contribution >= 4 is 11.3 Å². The lowest BCUT2D eigenvalue weighted by atomic mass is 9.95. The Morgan fingerprint density at radius 1 is 1.47 bits per heavy atom. The van der Waals surface area contributed by atoms with E-state index in [-0.39, 0.29) is 0 Å². The van der Waals surface area contributed by atoms with E-state index in [1.54, 1.807) is 11.3 Å². The van der Waals surface area contributed by atoms with Gasteiger partial charge in [-0.25, -0.2) is 4.98 Å². The molecule has 0 saturated carbocycles. The number of rotatable bonds is 4. The minimum Gasteiger partial charge on any atom is -0.314 e. The molecular weight excluding hydrogens is 230 g/mol. The van der Waals surface area contributed by atoms with Crippen LogP contribution in [0, 0.1) is 5.92 Å². The number of hydrogen-bond donors (Lipinski definition) is 1. The Morgan fingerprint density at radius 2 is 2.29 bits per heavy atom. The topological polar surface area (TPSA) is 28.2 Å². The van der Waals surface area contributed by atoms with Gasteiger partial charge in [-0.2, -0.15) is 0 Å². The molecule has 1 N–H and O–H groups in total. The summed E-state index contributed by atoms with van der Waals surface area (Å²) in [6, 6.07) is 0.709. The summed E-state index contributed by atoms with van der Waals surface area (Å²) in [7, 11) is 1.97. The number of aromatic nitrogens is 1. The lowest BCUT2D eigenvalue weighted by Gasteiger charge is -2.36. The van der Waals surface area contributed by atoms with Crippen molar-refractivity contribution in [2.75, 3.05) is 13.6 Å². The first-order valence-corrected chi connectivity index (χ1v) is 7.39. The highest BCUT2D eigenvalue weighted by Crippen LogP contribution is 2.23. The van der Waals surface area contributed by atoms with Gasteiger partial charge in [-0.05, 0) is 32.7 Å². The van der Waals surface area contributed by atoms with Gasteiger partial charge in [-0.15, -0.1) is 11.3 Å². The summed E-state index contributed by atoms with van der Waals surface area (Å²) in [4.78, 5) is 7.24. The second-order valence-corrected chi connectivity index (χ2v) is 6.17. The van der Waals surface area contributed by atoms with E-state index in [0.29, 0.717) is 6.04 Å². The van der Waals surface area contributed by atoms with Gasteiger partial charge in [0, 0.05) is 31.1 Å². The molecule has 1 aliphatic heterocycles. The number of nitrogens with one attached hydrogen (secondary N) is 1. The fraction of sp³-hybridized carbons (Fsp3) is 0.769. The molecule has 1 fully saturated rings. The Labute approximate surface area is 108 Å². The normalized spacial score (nSPS) is 26.3. The quantitative estimate of drug-likeness (QED) is 0.893. The van der Waals surface area contributed by atoms with Gasteiger partial charge in [0.05, 0.1) is 5.69 Å². The monoisotopic (exact) mass is 253 g/mol. The Bertz CT molecular complexity index is 350. The first kappa shape index (κ1) is 13.0. The minimum absolute atomic E-state index is 0.709. The SMILES string of the molecule is CNCc1nc(CN2CC(C)CCC2C)cs1. The summed E-state index contributed by atoms with van der Waals surface area (Å²) < 4.78 is 0. The molecule has 4 heteroatoms. The maximum Gasteiger partial charge on any atom is 0.107 e. The van der Waals surface area contributed by atoms with Gasteiger partial charge in [0.1, 0.15) is 5.01 Å². The summed E-state index contributed by atoms with van der Waals surface area (Å²) in [5.74, 6) is 0.835. The third-order valence-electron chi connectivity index (χ3n) is 3.54. The second-order valence-electron chi connectivity index (χ2n) is 5.22. The summed E-state index contributed by atoms with van der Waals surface area (Å²) in [6.45, 7) is 7.82. The molecule has 3 nitrogen and oxygen atoms in total. The van der Waals surface area contributed by atoms with Crippen LogP contribution in [0.25, 0.3) is 0 Å². The highest BCUT2D eigenvalue weighted by Gasteiger charge is 2.23. The Kier molecular flexibility index (Phi) is 4.54. The molecule has 17 heavy (non-hydrogen) atoms. The van der Waals surface area contributed by atoms with E-state index in [1.165, 1.54) is 30.1 Å². The molecule has 1 aliphatic rings. The highest BCUT2D eigenvalue weighted by atomic mass is 32.1.